The molecule has 0 saturated carbocycles. The van der Waals surface area contributed by atoms with Crippen LogP contribution < -0.4 is 10.9 Å². The number of pyridine rings is 1. The van der Waals surface area contributed by atoms with Crippen LogP contribution in [0.25, 0.3) is 11.0 Å². The number of benzene rings is 1. The summed E-state index contributed by atoms with van der Waals surface area (Å²) in [4.78, 5) is 30.8. The van der Waals surface area contributed by atoms with E-state index >= 15 is 0 Å². The van der Waals surface area contributed by atoms with Crippen LogP contribution in [0.5, 0.6) is 0 Å². The molecule has 0 radical (unpaired) electrons. The highest BCUT2D eigenvalue weighted by atomic mass is 32.1. The largest absolute Gasteiger partial charge is 0.270 e. The lowest BCUT2D eigenvalue weighted by molar-refractivity contribution is 0.0847. The van der Waals surface area contributed by atoms with Crippen molar-refractivity contribution in [3.05, 3.63) is 81.3 Å². The number of hydrazine groups is 1. The van der Waals surface area contributed by atoms with Crippen LogP contribution in [-0.4, -0.2) is 26.6 Å². The Morgan fingerprint density at radius 1 is 1.10 bits per heavy atom. The number of aromatic nitrogens is 3. The van der Waals surface area contributed by atoms with E-state index in [1.165, 1.54) is 0 Å². The Morgan fingerprint density at radius 3 is 2.57 bits per heavy atom. The van der Waals surface area contributed by atoms with Crippen molar-refractivity contribution < 1.29 is 9.59 Å². The number of thiophene rings is 1. The molecule has 1 aromatic carbocycles. The van der Waals surface area contributed by atoms with Crippen molar-refractivity contribution in [2.24, 2.45) is 0 Å². The number of aryl methyl sites for hydroxylation is 2. The van der Waals surface area contributed by atoms with Crippen molar-refractivity contribution in [1.82, 2.24) is 25.6 Å². The lowest BCUT2D eigenvalue weighted by atomic mass is 10.1. The van der Waals surface area contributed by atoms with E-state index in [0.717, 1.165) is 16.9 Å². The fourth-order valence-corrected chi connectivity index (χ4v) is 3.86. The Morgan fingerprint density at radius 2 is 1.87 bits per heavy atom. The Labute approximate surface area is 177 Å². The van der Waals surface area contributed by atoms with Crippen LogP contribution in [-0.2, 0) is 13.0 Å². The number of amides is 2. The molecule has 0 aliphatic rings. The lowest BCUT2D eigenvalue weighted by Crippen LogP contribution is -2.41. The fraction of sp³-hybridized carbons (Fsp3) is 0.182. The van der Waals surface area contributed by atoms with Crippen molar-refractivity contribution in [2.75, 3.05) is 0 Å². The molecule has 0 fully saturated rings. The number of carbonyl (C=O) groups excluding carboxylic acids is 2. The van der Waals surface area contributed by atoms with Crippen molar-refractivity contribution in [1.29, 1.82) is 0 Å². The number of hydrogen-bond acceptors (Lipinski definition) is 5. The van der Waals surface area contributed by atoms with Crippen molar-refractivity contribution >= 4 is 34.2 Å². The molecule has 8 heteroatoms. The van der Waals surface area contributed by atoms with Crippen molar-refractivity contribution in [3.63, 3.8) is 0 Å². The highest BCUT2D eigenvalue weighted by Gasteiger charge is 2.17. The molecule has 0 atom stereocenters. The maximum absolute atomic E-state index is 12.8. The van der Waals surface area contributed by atoms with Gasteiger partial charge in [-0.3, -0.25) is 20.4 Å². The molecule has 3 heterocycles. The van der Waals surface area contributed by atoms with E-state index in [4.69, 9.17) is 0 Å². The van der Waals surface area contributed by atoms with Gasteiger partial charge in [0.25, 0.3) is 11.8 Å². The summed E-state index contributed by atoms with van der Waals surface area (Å²) in [5.41, 5.74) is 8.34. The zero-order valence-corrected chi connectivity index (χ0v) is 17.5. The Kier molecular flexibility index (Phi) is 5.58. The highest BCUT2D eigenvalue weighted by molar-refractivity contribution is 7.09. The third kappa shape index (κ3) is 4.08. The quantitative estimate of drug-likeness (QED) is 0.485. The van der Waals surface area contributed by atoms with Crippen molar-refractivity contribution in [3.8, 4) is 0 Å². The van der Waals surface area contributed by atoms with Gasteiger partial charge in [0.15, 0.2) is 5.65 Å². The first-order valence-corrected chi connectivity index (χ1v) is 10.5. The molecular weight excluding hydrogens is 398 g/mol. The van der Waals surface area contributed by atoms with Crippen LogP contribution in [0.15, 0.2) is 54.0 Å². The minimum absolute atomic E-state index is 0.374. The first-order chi connectivity index (χ1) is 14.5. The average molecular weight is 420 g/mol. The number of carbonyl (C=O) groups is 2. The Bertz CT molecular complexity index is 1200. The van der Waals surface area contributed by atoms with Gasteiger partial charge in [0.05, 0.1) is 23.7 Å². The maximum atomic E-state index is 12.8. The topological polar surface area (TPSA) is 88.9 Å². The van der Waals surface area contributed by atoms with Crippen LogP contribution in [0, 0.1) is 6.92 Å². The maximum Gasteiger partial charge on any atom is 0.270 e. The molecule has 3 aromatic heterocycles. The molecule has 0 saturated heterocycles. The summed E-state index contributed by atoms with van der Waals surface area (Å²) in [5, 5.41) is 7.05. The van der Waals surface area contributed by atoms with Gasteiger partial charge in [-0.1, -0.05) is 25.1 Å². The summed E-state index contributed by atoms with van der Waals surface area (Å²) in [7, 11) is 0. The summed E-state index contributed by atoms with van der Waals surface area (Å²) >= 11 is 1.64. The van der Waals surface area contributed by atoms with E-state index < -0.39 is 5.91 Å². The van der Waals surface area contributed by atoms with Gasteiger partial charge in [-0.2, -0.15) is 5.10 Å². The Balaban J connectivity index is 1.52. The molecule has 0 bridgehead atoms. The van der Waals surface area contributed by atoms with Gasteiger partial charge < -0.3 is 0 Å². The second-order valence-electron chi connectivity index (χ2n) is 6.89. The number of nitrogens with zero attached hydrogens (tertiary/aromatic N) is 3. The zero-order chi connectivity index (χ0) is 21.1. The molecule has 30 heavy (non-hydrogen) atoms. The van der Waals surface area contributed by atoms with E-state index in [2.05, 4.69) is 27.9 Å². The Hall–Kier alpha value is -3.52. The molecular formula is C22H21N5O2S. The standard InChI is InChI=1S/C22H21N5O2S/c1-3-15-6-8-16(9-7-15)21(28)25-26-22(29)18-11-14(2)24-20-19(18)12-23-27(20)13-17-5-4-10-30-17/h4-12H,3,13H2,1-2H3,(H,25,28)(H,26,29). The molecule has 0 aliphatic heterocycles. The number of fused-ring (bicyclic) bond motifs is 1. The van der Waals surface area contributed by atoms with Crippen LogP contribution >= 0.6 is 11.3 Å². The minimum atomic E-state index is -0.417. The molecule has 0 spiro atoms. The van der Waals surface area contributed by atoms with Gasteiger partial charge in [-0.05, 0) is 48.6 Å². The smallest absolute Gasteiger partial charge is 0.267 e. The molecule has 0 aliphatic carbocycles. The summed E-state index contributed by atoms with van der Waals surface area (Å²) in [5.74, 6) is -0.791. The van der Waals surface area contributed by atoms with Gasteiger partial charge in [-0.15, -0.1) is 11.3 Å². The van der Waals surface area contributed by atoms with Gasteiger partial charge >= 0.3 is 0 Å². The fourth-order valence-electron chi connectivity index (χ4n) is 3.17. The lowest BCUT2D eigenvalue weighted by Gasteiger charge is -2.09. The molecule has 0 unspecified atom stereocenters. The molecule has 2 amide bonds. The minimum Gasteiger partial charge on any atom is -0.267 e. The van der Waals surface area contributed by atoms with E-state index in [1.807, 2.05) is 36.6 Å². The summed E-state index contributed by atoms with van der Waals surface area (Å²) < 4.78 is 1.78. The van der Waals surface area contributed by atoms with Crippen LogP contribution in [0.2, 0.25) is 0 Å². The zero-order valence-electron chi connectivity index (χ0n) is 16.7. The van der Waals surface area contributed by atoms with Crippen LogP contribution in [0.3, 0.4) is 0 Å². The summed E-state index contributed by atoms with van der Waals surface area (Å²) in [6, 6.07) is 13.0. The molecule has 2 N–H and O–H groups in total. The monoisotopic (exact) mass is 419 g/mol. The highest BCUT2D eigenvalue weighted by Crippen LogP contribution is 2.20. The molecule has 7 nitrogen and oxygen atoms in total. The van der Waals surface area contributed by atoms with Gasteiger partial charge in [-0.25, -0.2) is 9.67 Å². The number of rotatable bonds is 5. The predicted molar refractivity (Wildman–Crippen MR) is 116 cm³/mol. The van der Waals surface area contributed by atoms with Crippen molar-refractivity contribution in [2.45, 2.75) is 26.8 Å². The van der Waals surface area contributed by atoms with Gasteiger partial charge in [0, 0.05) is 16.1 Å². The summed E-state index contributed by atoms with van der Waals surface area (Å²) in [6.07, 6.45) is 2.53. The number of hydrogen-bond donors (Lipinski definition) is 2. The average Bonchev–Trinajstić information content (AvgIpc) is 3.42. The third-order valence-electron chi connectivity index (χ3n) is 4.78. The summed E-state index contributed by atoms with van der Waals surface area (Å²) in [6.45, 7) is 4.46. The molecule has 152 valence electrons. The van der Waals surface area contributed by atoms with Crippen LogP contribution in [0.1, 0.15) is 43.8 Å². The number of nitrogens with one attached hydrogen (secondary N) is 2. The third-order valence-corrected chi connectivity index (χ3v) is 5.64. The second kappa shape index (κ2) is 8.46. The first kappa shape index (κ1) is 19.8. The normalized spacial score (nSPS) is 10.9. The molecule has 4 aromatic rings. The molecule has 4 rings (SSSR count). The second-order valence-corrected chi connectivity index (χ2v) is 7.92. The SMILES string of the molecule is CCc1ccc(C(=O)NNC(=O)c2cc(C)nc3c2cnn3Cc2cccs2)cc1. The predicted octanol–water partition coefficient (Wildman–Crippen LogP) is 3.49. The van der Waals surface area contributed by atoms with Crippen LogP contribution in [0.4, 0.5) is 0 Å². The van der Waals surface area contributed by atoms with E-state index in [9.17, 15) is 9.59 Å². The van der Waals surface area contributed by atoms with E-state index in [1.54, 1.807) is 40.4 Å². The van der Waals surface area contributed by atoms with E-state index in [0.29, 0.717) is 34.4 Å². The first-order valence-electron chi connectivity index (χ1n) is 9.60. The van der Waals surface area contributed by atoms with Gasteiger partial charge in [0.1, 0.15) is 0 Å². The van der Waals surface area contributed by atoms with Gasteiger partial charge in [0.2, 0.25) is 0 Å². The van der Waals surface area contributed by atoms with E-state index in [-0.39, 0.29) is 5.91 Å².